The fourth-order valence-electron chi connectivity index (χ4n) is 4.28. The Labute approximate surface area is 160 Å². The lowest BCUT2D eigenvalue weighted by Gasteiger charge is -2.33. The molecule has 142 valence electrons. The van der Waals surface area contributed by atoms with E-state index < -0.39 is 0 Å². The Bertz CT molecular complexity index is 979. The third-order valence-corrected chi connectivity index (χ3v) is 5.77. The first kappa shape index (κ1) is 18.2. The highest BCUT2D eigenvalue weighted by atomic mass is 16.4. The van der Waals surface area contributed by atoms with Gasteiger partial charge in [0, 0.05) is 24.0 Å². The Morgan fingerprint density at radius 3 is 2.96 bits per heavy atom. The highest BCUT2D eigenvalue weighted by molar-refractivity contribution is 6.07. The summed E-state index contributed by atoms with van der Waals surface area (Å²) in [5.41, 5.74) is 1.40. The third-order valence-electron chi connectivity index (χ3n) is 5.77. The summed E-state index contributed by atoms with van der Waals surface area (Å²) < 4.78 is 5.44. The molecule has 1 N–H and O–H groups in total. The minimum absolute atomic E-state index is 0.281. The number of piperidine rings is 1. The number of nitrogens with one attached hydrogen (secondary N) is 1. The van der Waals surface area contributed by atoms with Gasteiger partial charge >= 0.3 is 5.63 Å². The van der Waals surface area contributed by atoms with Gasteiger partial charge in [0.1, 0.15) is 5.58 Å². The van der Waals surface area contributed by atoms with E-state index in [2.05, 4.69) is 29.3 Å². The Kier molecular flexibility index (Phi) is 5.55. The number of hydrogen-bond acceptors (Lipinski definition) is 4. The number of likely N-dealkylation sites (tertiary alicyclic amines) is 1. The predicted octanol–water partition coefficient (Wildman–Crippen LogP) is 4.30. The third kappa shape index (κ3) is 4.07. The predicted molar refractivity (Wildman–Crippen MR) is 111 cm³/mol. The number of rotatable bonds is 6. The van der Waals surface area contributed by atoms with Gasteiger partial charge < -0.3 is 14.6 Å². The first-order valence-electron chi connectivity index (χ1n) is 10.1. The van der Waals surface area contributed by atoms with Gasteiger partial charge in [-0.1, -0.05) is 36.8 Å². The molecule has 3 aromatic rings. The average Bonchev–Trinajstić information content (AvgIpc) is 2.68. The van der Waals surface area contributed by atoms with Crippen molar-refractivity contribution in [2.75, 3.05) is 19.6 Å². The Morgan fingerprint density at radius 1 is 1.19 bits per heavy atom. The number of nitrogens with zero attached hydrogens (tertiary/aromatic N) is 1. The van der Waals surface area contributed by atoms with Gasteiger partial charge in [-0.2, -0.15) is 0 Å². The molecule has 0 saturated carbocycles. The number of hydrogen-bond donors (Lipinski definition) is 1. The molecule has 0 aliphatic carbocycles. The molecule has 1 aromatic heterocycles. The van der Waals surface area contributed by atoms with Crippen molar-refractivity contribution in [2.45, 2.75) is 45.2 Å². The van der Waals surface area contributed by atoms with Crippen LogP contribution in [-0.2, 0) is 6.54 Å². The standard InChI is InChI=1S/C23H28N2O2/c1-17-7-4-5-13-25(17)14-6-12-24-16-19-15-22(26)27-21-11-10-18-8-2-3-9-20(18)23(19)21/h2-3,8-11,15,17,24H,4-7,12-14,16H2,1H3/t17-/m0/s1. The van der Waals surface area contributed by atoms with Crippen LogP contribution in [0.3, 0.4) is 0 Å². The van der Waals surface area contributed by atoms with Gasteiger partial charge in [-0.05, 0) is 68.2 Å². The molecule has 4 heteroatoms. The maximum atomic E-state index is 12.0. The van der Waals surface area contributed by atoms with E-state index in [0.29, 0.717) is 18.2 Å². The topological polar surface area (TPSA) is 45.5 Å². The van der Waals surface area contributed by atoms with Crippen molar-refractivity contribution in [3.05, 3.63) is 58.4 Å². The normalized spacial score (nSPS) is 18.3. The van der Waals surface area contributed by atoms with Crippen LogP contribution >= 0.6 is 0 Å². The lowest BCUT2D eigenvalue weighted by Crippen LogP contribution is -2.38. The first-order chi connectivity index (χ1) is 13.2. The van der Waals surface area contributed by atoms with Crippen LogP contribution < -0.4 is 10.9 Å². The Hall–Kier alpha value is -2.17. The van der Waals surface area contributed by atoms with Gasteiger partial charge in [-0.15, -0.1) is 0 Å². The fraction of sp³-hybridized carbons (Fsp3) is 0.435. The second-order valence-electron chi connectivity index (χ2n) is 7.66. The molecule has 1 aliphatic heterocycles. The summed E-state index contributed by atoms with van der Waals surface area (Å²) in [5, 5.41) is 6.88. The summed E-state index contributed by atoms with van der Waals surface area (Å²) in [5.74, 6) is 0. The van der Waals surface area contributed by atoms with Gasteiger partial charge in [0.25, 0.3) is 0 Å². The van der Waals surface area contributed by atoms with Crippen LogP contribution in [0.5, 0.6) is 0 Å². The molecule has 1 fully saturated rings. The minimum Gasteiger partial charge on any atom is -0.423 e. The van der Waals surface area contributed by atoms with E-state index >= 15 is 0 Å². The van der Waals surface area contributed by atoms with E-state index in [1.807, 2.05) is 24.3 Å². The molecular weight excluding hydrogens is 336 g/mol. The number of benzene rings is 2. The molecule has 0 amide bonds. The van der Waals surface area contributed by atoms with Crippen LogP contribution in [0.2, 0.25) is 0 Å². The van der Waals surface area contributed by atoms with Crippen molar-refractivity contribution < 1.29 is 4.42 Å². The summed E-state index contributed by atoms with van der Waals surface area (Å²) in [6.45, 7) is 6.36. The van der Waals surface area contributed by atoms with Crippen molar-refractivity contribution in [2.24, 2.45) is 0 Å². The first-order valence-corrected chi connectivity index (χ1v) is 10.1. The molecule has 27 heavy (non-hydrogen) atoms. The van der Waals surface area contributed by atoms with Crippen molar-refractivity contribution >= 4 is 21.7 Å². The average molecular weight is 364 g/mol. The summed E-state index contributed by atoms with van der Waals surface area (Å²) in [7, 11) is 0. The van der Waals surface area contributed by atoms with Gasteiger partial charge in [-0.25, -0.2) is 4.79 Å². The van der Waals surface area contributed by atoms with E-state index in [1.54, 1.807) is 6.07 Å². The molecule has 4 nitrogen and oxygen atoms in total. The molecule has 2 aromatic carbocycles. The molecule has 0 radical (unpaired) electrons. The summed E-state index contributed by atoms with van der Waals surface area (Å²) in [6.07, 6.45) is 5.15. The zero-order valence-corrected chi connectivity index (χ0v) is 16.0. The summed E-state index contributed by atoms with van der Waals surface area (Å²) in [4.78, 5) is 14.6. The van der Waals surface area contributed by atoms with Gasteiger partial charge in [-0.3, -0.25) is 0 Å². The lowest BCUT2D eigenvalue weighted by atomic mass is 10.0. The van der Waals surface area contributed by atoms with E-state index in [0.717, 1.165) is 35.8 Å². The quantitative estimate of drug-likeness (QED) is 0.402. The van der Waals surface area contributed by atoms with Crippen molar-refractivity contribution in [1.82, 2.24) is 10.2 Å². The fourth-order valence-corrected chi connectivity index (χ4v) is 4.28. The SMILES string of the molecule is C[C@H]1CCCCN1CCCNCc1cc(=O)oc2ccc3ccccc3c12. The Morgan fingerprint density at radius 2 is 2.07 bits per heavy atom. The minimum atomic E-state index is -0.281. The van der Waals surface area contributed by atoms with Crippen LogP contribution in [0.15, 0.2) is 51.7 Å². The van der Waals surface area contributed by atoms with Gasteiger partial charge in [0.2, 0.25) is 0 Å². The highest BCUT2D eigenvalue weighted by Crippen LogP contribution is 2.27. The zero-order chi connectivity index (χ0) is 18.6. The van der Waals surface area contributed by atoms with Crippen molar-refractivity contribution in [3.63, 3.8) is 0 Å². The summed E-state index contributed by atoms with van der Waals surface area (Å²) >= 11 is 0. The second-order valence-corrected chi connectivity index (χ2v) is 7.66. The largest absolute Gasteiger partial charge is 0.423 e. The maximum absolute atomic E-state index is 12.0. The molecule has 0 unspecified atom stereocenters. The monoisotopic (exact) mass is 364 g/mol. The van der Waals surface area contributed by atoms with Gasteiger partial charge in [0.15, 0.2) is 0 Å². The van der Waals surface area contributed by atoms with Crippen LogP contribution in [0.4, 0.5) is 0 Å². The molecule has 0 spiro atoms. The smallest absolute Gasteiger partial charge is 0.336 e. The molecule has 4 rings (SSSR count). The van der Waals surface area contributed by atoms with Crippen molar-refractivity contribution in [1.29, 1.82) is 0 Å². The van der Waals surface area contributed by atoms with E-state index in [4.69, 9.17) is 4.42 Å². The van der Waals surface area contributed by atoms with E-state index in [1.165, 1.54) is 31.2 Å². The molecular formula is C23H28N2O2. The van der Waals surface area contributed by atoms with Crippen molar-refractivity contribution in [3.8, 4) is 0 Å². The van der Waals surface area contributed by atoms with Crippen LogP contribution in [0, 0.1) is 0 Å². The lowest BCUT2D eigenvalue weighted by molar-refractivity contribution is 0.159. The van der Waals surface area contributed by atoms with E-state index in [9.17, 15) is 4.79 Å². The molecule has 1 atom stereocenters. The second kappa shape index (κ2) is 8.24. The molecule has 1 aliphatic rings. The van der Waals surface area contributed by atoms with E-state index in [-0.39, 0.29) is 5.63 Å². The van der Waals surface area contributed by atoms with Gasteiger partial charge in [0.05, 0.1) is 0 Å². The summed E-state index contributed by atoms with van der Waals surface area (Å²) in [6, 6.07) is 14.5. The zero-order valence-electron chi connectivity index (χ0n) is 16.0. The molecule has 0 bridgehead atoms. The van der Waals surface area contributed by atoms with Crippen LogP contribution in [0.1, 0.15) is 38.2 Å². The maximum Gasteiger partial charge on any atom is 0.336 e. The Balaban J connectivity index is 1.45. The molecule has 2 heterocycles. The molecule has 1 saturated heterocycles. The highest BCUT2D eigenvalue weighted by Gasteiger charge is 2.17. The number of fused-ring (bicyclic) bond motifs is 3. The van der Waals surface area contributed by atoms with Crippen LogP contribution in [-0.4, -0.2) is 30.6 Å². The van der Waals surface area contributed by atoms with Crippen LogP contribution in [0.25, 0.3) is 21.7 Å².